The molecule has 4 aliphatic rings. The van der Waals surface area contributed by atoms with Crippen LogP contribution in [0.25, 0.3) is 11.1 Å². The molecule has 6 rings (SSSR count). The first-order valence-corrected chi connectivity index (χ1v) is 11.5. The molecule has 3 fully saturated rings. The monoisotopic (exact) mass is 459 g/mol. The third kappa shape index (κ3) is 2.91. The van der Waals surface area contributed by atoms with Crippen LogP contribution in [0.1, 0.15) is 11.3 Å². The summed E-state index contributed by atoms with van der Waals surface area (Å²) in [6.45, 7) is 2.09. The number of nitriles is 1. The van der Waals surface area contributed by atoms with E-state index in [1.165, 1.54) is 7.11 Å². The molecular weight excluding hydrogens is 434 g/mol. The van der Waals surface area contributed by atoms with Crippen molar-refractivity contribution in [3.05, 3.63) is 47.8 Å². The Bertz CT molecular complexity index is 1210. The summed E-state index contributed by atoms with van der Waals surface area (Å²) in [4.78, 5) is 32.6. The van der Waals surface area contributed by atoms with Crippen LogP contribution in [0.2, 0.25) is 0 Å². The molecule has 174 valence electrons. The van der Waals surface area contributed by atoms with E-state index in [0.29, 0.717) is 18.3 Å². The predicted octanol–water partition coefficient (Wildman–Crippen LogP) is 2.31. The maximum Gasteiger partial charge on any atom is 0.415 e. The van der Waals surface area contributed by atoms with Crippen molar-refractivity contribution in [2.75, 3.05) is 38.7 Å². The van der Waals surface area contributed by atoms with Crippen LogP contribution in [0.5, 0.6) is 0 Å². The van der Waals surface area contributed by atoms with Gasteiger partial charge in [0.2, 0.25) is 0 Å². The summed E-state index contributed by atoms with van der Waals surface area (Å²) < 4.78 is 10.1. The number of benzene rings is 1. The molecule has 0 spiro atoms. The van der Waals surface area contributed by atoms with Gasteiger partial charge in [-0.15, -0.1) is 0 Å². The summed E-state index contributed by atoms with van der Waals surface area (Å²) in [6, 6.07) is 12.4. The van der Waals surface area contributed by atoms with Gasteiger partial charge in [-0.05, 0) is 42.8 Å². The molecule has 0 radical (unpaired) electrons. The number of amides is 2. The molecule has 1 aromatic carbocycles. The quantitative estimate of drug-likeness (QED) is 0.748. The highest BCUT2D eigenvalue weighted by molar-refractivity contribution is 5.94. The van der Waals surface area contributed by atoms with Gasteiger partial charge >= 0.3 is 12.2 Å². The van der Waals surface area contributed by atoms with Gasteiger partial charge in [0.15, 0.2) is 0 Å². The number of nitrogens with one attached hydrogen (secondary N) is 1. The predicted molar refractivity (Wildman–Crippen MR) is 122 cm³/mol. The maximum absolute atomic E-state index is 12.5. The van der Waals surface area contributed by atoms with Crippen LogP contribution in [0.3, 0.4) is 0 Å². The van der Waals surface area contributed by atoms with E-state index in [9.17, 15) is 14.9 Å². The van der Waals surface area contributed by atoms with Crippen LogP contribution >= 0.6 is 0 Å². The zero-order valence-corrected chi connectivity index (χ0v) is 19.0. The molecule has 5 atom stereocenters. The summed E-state index contributed by atoms with van der Waals surface area (Å²) in [5, 5.41) is 12.5. The van der Waals surface area contributed by atoms with E-state index in [1.807, 2.05) is 30.5 Å². The van der Waals surface area contributed by atoms with Crippen molar-refractivity contribution in [2.45, 2.75) is 24.0 Å². The van der Waals surface area contributed by atoms with Crippen molar-refractivity contribution in [1.82, 2.24) is 15.2 Å². The van der Waals surface area contributed by atoms with E-state index in [-0.39, 0.29) is 12.6 Å². The number of piperidine rings is 1. The second-order valence-electron chi connectivity index (χ2n) is 9.63. The average Bonchev–Trinajstić information content (AvgIpc) is 3.19. The topological polar surface area (TPSA) is 108 Å². The largest absolute Gasteiger partial charge is 0.453 e. The number of methoxy groups -OCH3 is 1. The molecule has 34 heavy (non-hydrogen) atoms. The smallest absolute Gasteiger partial charge is 0.415 e. The third-order valence-electron chi connectivity index (χ3n) is 7.88. The van der Waals surface area contributed by atoms with Gasteiger partial charge in [0.25, 0.3) is 0 Å². The van der Waals surface area contributed by atoms with E-state index >= 15 is 0 Å². The lowest BCUT2D eigenvalue weighted by Crippen LogP contribution is -2.40. The highest BCUT2D eigenvalue weighted by atomic mass is 16.6. The van der Waals surface area contributed by atoms with Gasteiger partial charge in [0.05, 0.1) is 37.1 Å². The van der Waals surface area contributed by atoms with Gasteiger partial charge in [0.1, 0.15) is 11.5 Å². The number of ether oxygens (including phenoxy) is 2. The molecule has 0 bridgehead atoms. The molecule has 1 N–H and O–H groups in total. The average molecular weight is 460 g/mol. The second kappa shape index (κ2) is 7.43. The number of hydrogen-bond acceptors (Lipinski definition) is 7. The first kappa shape index (κ1) is 20.9. The second-order valence-corrected chi connectivity index (χ2v) is 9.63. The number of carbonyl (C=O) groups excluding carboxylic acids is 2. The Balaban J connectivity index is 1.21. The van der Waals surface area contributed by atoms with Crippen LogP contribution < -0.4 is 10.2 Å². The Morgan fingerprint density at radius 1 is 1.29 bits per heavy atom. The number of pyridine rings is 1. The molecule has 9 heteroatoms. The fourth-order valence-electron chi connectivity index (χ4n) is 6.13. The molecule has 1 aromatic heterocycles. The standard InChI is InChI=1S/C25H25N5O4/c1-29-11-17-18(12-29)25(17,13-26)22-6-4-15(9-27-22)14-3-5-19-16(7-14)8-20-21(10-28-23(31)33-2)34-24(32)30(19)20/h3-7,9,17-18,20-21H,8,10-12H2,1-2H3,(H,28,31)/t17-,18+,20-,21-,25+/m0/s1. The number of hydrogen-bond donors (Lipinski definition) is 1. The Kier molecular flexibility index (Phi) is 4.58. The normalized spacial score (nSPS) is 30.7. The van der Waals surface area contributed by atoms with Crippen molar-refractivity contribution in [1.29, 1.82) is 5.26 Å². The molecule has 9 nitrogen and oxygen atoms in total. The van der Waals surface area contributed by atoms with Gasteiger partial charge in [-0.25, -0.2) is 9.59 Å². The molecule has 2 aromatic rings. The van der Waals surface area contributed by atoms with Gasteiger partial charge in [-0.1, -0.05) is 12.1 Å². The number of anilines is 1. The Morgan fingerprint density at radius 2 is 2.06 bits per heavy atom. The van der Waals surface area contributed by atoms with Gasteiger partial charge in [-0.3, -0.25) is 9.88 Å². The Morgan fingerprint density at radius 3 is 2.74 bits per heavy atom. The lowest BCUT2D eigenvalue weighted by Gasteiger charge is -2.18. The van der Waals surface area contributed by atoms with E-state index in [2.05, 4.69) is 34.1 Å². The number of nitrogens with zero attached hydrogens (tertiary/aromatic N) is 4. The van der Waals surface area contributed by atoms with Crippen molar-refractivity contribution in [2.24, 2.45) is 11.8 Å². The number of alkyl carbamates (subject to hydrolysis) is 1. The third-order valence-corrected chi connectivity index (χ3v) is 7.88. The molecule has 1 aliphatic carbocycles. The zero-order valence-electron chi connectivity index (χ0n) is 19.0. The minimum atomic E-state index is -0.553. The van der Waals surface area contributed by atoms with Crippen molar-refractivity contribution in [3.63, 3.8) is 0 Å². The Hall–Kier alpha value is -3.64. The van der Waals surface area contributed by atoms with Crippen LogP contribution in [0.4, 0.5) is 15.3 Å². The molecule has 1 saturated carbocycles. The van der Waals surface area contributed by atoms with E-state index in [4.69, 9.17) is 9.72 Å². The fraction of sp³-hybridized carbons (Fsp3) is 0.440. The highest BCUT2D eigenvalue weighted by Gasteiger charge is 2.70. The van der Waals surface area contributed by atoms with Gasteiger partial charge in [0, 0.05) is 36.7 Å². The SMILES string of the molecule is COC(=O)NC[C@@H]1OC(=O)N2c3ccc(-c4ccc([C@@]5(C#N)[C@@H]6CN(C)C[C@@H]65)nc4)cc3C[C@@H]12. The minimum absolute atomic E-state index is 0.168. The first-order valence-electron chi connectivity index (χ1n) is 11.5. The van der Waals surface area contributed by atoms with Gasteiger partial charge in [-0.2, -0.15) is 5.26 Å². The lowest BCUT2D eigenvalue weighted by molar-refractivity contribution is 0.123. The summed E-state index contributed by atoms with van der Waals surface area (Å²) in [5.41, 5.74) is 4.30. The molecule has 2 saturated heterocycles. The van der Waals surface area contributed by atoms with Crippen molar-refractivity contribution < 1.29 is 19.1 Å². The summed E-state index contributed by atoms with van der Waals surface area (Å²) in [6.07, 6.45) is 1.09. The first-order chi connectivity index (χ1) is 16.5. The maximum atomic E-state index is 12.5. The summed E-state index contributed by atoms with van der Waals surface area (Å²) >= 11 is 0. The lowest BCUT2D eigenvalue weighted by atomic mass is 9.95. The van der Waals surface area contributed by atoms with Crippen LogP contribution in [0.15, 0.2) is 36.5 Å². The Labute approximate surface area is 197 Å². The molecule has 2 amide bonds. The number of cyclic esters (lactones) is 1. The van der Waals surface area contributed by atoms with Gasteiger partial charge < -0.3 is 19.7 Å². The summed E-state index contributed by atoms with van der Waals surface area (Å²) in [5.74, 6) is 0.742. The van der Waals surface area contributed by atoms with E-state index in [1.54, 1.807) is 4.90 Å². The fourth-order valence-corrected chi connectivity index (χ4v) is 6.13. The van der Waals surface area contributed by atoms with Crippen molar-refractivity contribution in [3.8, 4) is 17.2 Å². The minimum Gasteiger partial charge on any atom is -0.453 e. The highest BCUT2D eigenvalue weighted by Crippen LogP contribution is 2.62. The molecule has 4 heterocycles. The van der Waals surface area contributed by atoms with Crippen molar-refractivity contribution >= 4 is 17.9 Å². The molecule has 3 aliphatic heterocycles. The van der Waals surface area contributed by atoms with Crippen LogP contribution in [-0.4, -0.2) is 68.0 Å². The number of likely N-dealkylation sites (tertiary alicyclic amines) is 1. The van der Waals surface area contributed by atoms with E-state index < -0.39 is 23.7 Å². The number of rotatable bonds is 4. The molecular formula is C25H25N5O4. The van der Waals surface area contributed by atoms with Crippen LogP contribution in [0, 0.1) is 23.2 Å². The number of fused-ring (bicyclic) bond motifs is 4. The summed E-state index contributed by atoms with van der Waals surface area (Å²) in [7, 11) is 3.40. The number of carbonyl (C=O) groups is 2. The van der Waals surface area contributed by atoms with E-state index in [0.717, 1.165) is 41.2 Å². The zero-order chi connectivity index (χ0) is 23.6. The molecule has 0 unspecified atom stereocenters. The van der Waals surface area contributed by atoms with Crippen LogP contribution in [-0.2, 0) is 21.3 Å². The number of aromatic nitrogens is 1.